The summed E-state index contributed by atoms with van der Waals surface area (Å²) in [6, 6.07) is 6.24. The van der Waals surface area contributed by atoms with Crippen molar-refractivity contribution in [3.63, 3.8) is 0 Å². The predicted molar refractivity (Wildman–Crippen MR) is 62.6 cm³/mol. The van der Waals surface area contributed by atoms with Crippen LogP contribution in [0.2, 0.25) is 0 Å². The minimum absolute atomic E-state index is 0.0248. The lowest BCUT2D eigenvalue weighted by Gasteiger charge is -2.20. The quantitative estimate of drug-likeness (QED) is 0.838. The van der Waals surface area contributed by atoms with Crippen LogP contribution in [0.25, 0.3) is 0 Å². The zero-order valence-corrected chi connectivity index (χ0v) is 10.0. The number of carbonyl (C=O) groups excluding carboxylic acids is 1. The van der Waals surface area contributed by atoms with E-state index in [0.717, 1.165) is 5.56 Å². The lowest BCUT2D eigenvalue weighted by atomic mass is 10.1. The molecule has 1 rings (SSSR count). The van der Waals surface area contributed by atoms with Crippen molar-refractivity contribution in [1.82, 2.24) is 5.32 Å². The standard InChI is InChI=1S/C13H18FNO/c1-13(2,3)15-12(16)9-6-10-4-7-11(14)8-5-10/h4-5,7-8H,6,9H2,1-3H3,(H,15,16). The van der Waals surface area contributed by atoms with Gasteiger partial charge < -0.3 is 5.32 Å². The molecule has 0 unspecified atom stereocenters. The van der Waals surface area contributed by atoms with E-state index >= 15 is 0 Å². The van der Waals surface area contributed by atoms with Crippen LogP contribution >= 0.6 is 0 Å². The molecule has 0 spiro atoms. The topological polar surface area (TPSA) is 29.1 Å². The maximum absolute atomic E-state index is 12.6. The van der Waals surface area contributed by atoms with Gasteiger partial charge in [-0.25, -0.2) is 4.39 Å². The molecule has 1 N–H and O–H groups in total. The Hall–Kier alpha value is -1.38. The molecule has 0 aliphatic heterocycles. The highest BCUT2D eigenvalue weighted by Crippen LogP contribution is 2.06. The zero-order chi connectivity index (χ0) is 12.2. The second-order valence-corrected chi connectivity index (χ2v) is 4.92. The maximum atomic E-state index is 12.6. The van der Waals surface area contributed by atoms with Gasteiger partial charge in [0.15, 0.2) is 0 Å². The molecule has 0 saturated carbocycles. The summed E-state index contributed by atoms with van der Waals surface area (Å²) in [6.45, 7) is 5.84. The number of hydrogen-bond donors (Lipinski definition) is 1. The number of benzene rings is 1. The molecule has 0 fully saturated rings. The summed E-state index contributed by atoms with van der Waals surface area (Å²) in [5, 5.41) is 2.89. The molecule has 3 heteroatoms. The summed E-state index contributed by atoms with van der Waals surface area (Å²) >= 11 is 0. The summed E-state index contributed by atoms with van der Waals surface area (Å²) in [5.41, 5.74) is 0.783. The van der Waals surface area contributed by atoms with Crippen molar-refractivity contribution in [3.8, 4) is 0 Å². The van der Waals surface area contributed by atoms with Gasteiger partial charge in [-0.05, 0) is 44.9 Å². The van der Waals surface area contributed by atoms with Gasteiger partial charge in [0.05, 0.1) is 0 Å². The van der Waals surface area contributed by atoms with E-state index in [1.807, 2.05) is 20.8 Å². The summed E-state index contributed by atoms with van der Waals surface area (Å²) in [6.07, 6.45) is 1.07. The van der Waals surface area contributed by atoms with Crippen molar-refractivity contribution in [1.29, 1.82) is 0 Å². The summed E-state index contributed by atoms with van der Waals surface area (Å²) in [7, 11) is 0. The van der Waals surface area contributed by atoms with Gasteiger partial charge in [-0.2, -0.15) is 0 Å². The van der Waals surface area contributed by atoms with E-state index in [9.17, 15) is 9.18 Å². The molecule has 1 aromatic carbocycles. The average molecular weight is 223 g/mol. The lowest BCUT2D eigenvalue weighted by molar-refractivity contribution is -0.122. The number of amides is 1. The minimum Gasteiger partial charge on any atom is -0.351 e. The van der Waals surface area contributed by atoms with E-state index in [0.29, 0.717) is 12.8 Å². The average Bonchev–Trinajstić information content (AvgIpc) is 2.14. The SMILES string of the molecule is CC(C)(C)NC(=O)CCc1ccc(F)cc1. The molecule has 1 amide bonds. The molecule has 0 radical (unpaired) electrons. The van der Waals surface area contributed by atoms with Crippen LogP contribution in [0.15, 0.2) is 24.3 Å². The Kier molecular flexibility index (Phi) is 4.05. The van der Waals surface area contributed by atoms with Crippen molar-refractivity contribution in [2.24, 2.45) is 0 Å². The van der Waals surface area contributed by atoms with Gasteiger partial charge in [-0.3, -0.25) is 4.79 Å². The zero-order valence-electron chi connectivity index (χ0n) is 10.0. The molecule has 88 valence electrons. The molecule has 0 bridgehead atoms. The van der Waals surface area contributed by atoms with Gasteiger partial charge in [-0.1, -0.05) is 12.1 Å². The van der Waals surface area contributed by atoms with Crippen molar-refractivity contribution in [3.05, 3.63) is 35.6 Å². The molecule has 16 heavy (non-hydrogen) atoms. The van der Waals surface area contributed by atoms with E-state index in [1.165, 1.54) is 12.1 Å². The molecule has 2 nitrogen and oxygen atoms in total. The number of aryl methyl sites for hydroxylation is 1. The fraction of sp³-hybridized carbons (Fsp3) is 0.462. The van der Waals surface area contributed by atoms with E-state index in [1.54, 1.807) is 12.1 Å². The second-order valence-electron chi connectivity index (χ2n) is 4.92. The Bertz CT molecular complexity index is 351. The smallest absolute Gasteiger partial charge is 0.220 e. The van der Waals surface area contributed by atoms with Gasteiger partial charge in [0.2, 0.25) is 5.91 Å². The predicted octanol–water partition coefficient (Wildman–Crippen LogP) is 2.67. The van der Waals surface area contributed by atoms with Crippen molar-refractivity contribution in [2.75, 3.05) is 0 Å². The van der Waals surface area contributed by atoms with Gasteiger partial charge >= 0.3 is 0 Å². The summed E-state index contributed by atoms with van der Waals surface area (Å²) < 4.78 is 12.6. The van der Waals surface area contributed by atoms with E-state index < -0.39 is 0 Å². The van der Waals surface area contributed by atoms with Crippen LogP contribution in [0.4, 0.5) is 4.39 Å². The van der Waals surface area contributed by atoms with E-state index in [2.05, 4.69) is 5.32 Å². The normalized spacial score (nSPS) is 11.2. The highest BCUT2D eigenvalue weighted by molar-refractivity contribution is 5.76. The van der Waals surface area contributed by atoms with Crippen LogP contribution in [0.5, 0.6) is 0 Å². The minimum atomic E-state index is -0.247. The monoisotopic (exact) mass is 223 g/mol. The highest BCUT2D eigenvalue weighted by atomic mass is 19.1. The Labute approximate surface area is 95.9 Å². The number of nitrogens with one attached hydrogen (secondary N) is 1. The number of halogens is 1. The van der Waals surface area contributed by atoms with E-state index in [-0.39, 0.29) is 17.3 Å². The molecule has 1 aromatic rings. The third-order valence-electron chi connectivity index (χ3n) is 2.07. The summed E-state index contributed by atoms with van der Waals surface area (Å²) in [4.78, 5) is 11.5. The maximum Gasteiger partial charge on any atom is 0.220 e. The molecule has 0 aliphatic rings. The van der Waals surface area contributed by atoms with Crippen LogP contribution in [0, 0.1) is 5.82 Å². The Morgan fingerprint density at radius 1 is 1.25 bits per heavy atom. The Morgan fingerprint density at radius 2 is 1.81 bits per heavy atom. The fourth-order valence-electron chi connectivity index (χ4n) is 1.39. The van der Waals surface area contributed by atoms with Crippen LogP contribution in [-0.4, -0.2) is 11.4 Å². The van der Waals surface area contributed by atoms with Crippen molar-refractivity contribution < 1.29 is 9.18 Å². The number of rotatable bonds is 3. The molecular weight excluding hydrogens is 205 g/mol. The highest BCUT2D eigenvalue weighted by Gasteiger charge is 2.13. The first-order valence-electron chi connectivity index (χ1n) is 5.42. The lowest BCUT2D eigenvalue weighted by Crippen LogP contribution is -2.40. The first kappa shape index (κ1) is 12.7. The number of hydrogen-bond acceptors (Lipinski definition) is 1. The third kappa shape index (κ3) is 4.91. The van der Waals surface area contributed by atoms with Crippen LogP contribution in [-0.2, 0) is 11.2 Å². The van der Waals surface area contributed by atoms with Gasteiger partial charge in [-0.15, -0.1) is 0 Å². The third-order valence-corrected chi connectivity index (χ3v) is 2.07. The van der Waals surface area contributed by atoms with Gasteiger partial charge in [0.25, 0.3) is 0 Å². The fourth-order valence-corrected chi connectivity index (χ4v) is 1.39. The van der Waals surface area contributed by atoms with Crippen LogP contribution < -0.4 is 5.32 Å². The van der Waals surface area contributed by atoms with Crippen LogP contribution in [0.1, 0.15) is 32.8 Å². The van der Waals surface area contributed by atoms with E-state index in [4.69, 9.17) is 0 Å². The molecule has 0 aliphatic carbocycles. The molecule has 0 atom stereocenters. The summed E-state index contributed by atoms with van der Waals surface area (Å²) in [5.74, 6) is -0.222. The molecule has 0 heterocycles. The van der Waals surface area contributed by atoms with Gasteiger partial charge in [0.1, 0.15) is 5.82 Å². The molecular formula is C13H18FNO. The Balaban J connectivity index is 2.40. The van der Waals surface area contributed by atoms with Crippen LogP contribution in [0.3, 0.4) is 0 Å². The molecule has 0 aromatic heterocycles. The van der Waals surface area contributed by atoms with Gasteiger partial charge in [0, 0.05) is 12.0 Å². The first-order valence-corrected chi connectivity index (χ1v) is 5.42. The van der Waals surface area contributed by atoms with Crippen molar-refractivity contribution >= 4 is 5.91 Å². The molecule has 0 saturated heterocycles. The Morgan fingerprint density at radius 3 is 2.31 bits per heavy atom. The van der Waals surface area contributed by atoms with Crippen molar-refractivity contribution in [2.45, 2.75) is 39.2 Å². The number of carbonyl (C=O) groups is 1. The second kappa shape index (κ2) is 5.10. The largest absolute Gasteiger partial charge is 0.351 e. The first-order chi connectivity index (χ1) is 7.37.